The van der Waals surface area contributed by atoms with Gasteiger partial charge in [-0.3, -0.25) is 15.6 Å². The summed E-state index contributed by atoms with van der Waals surface area (Å²) in [4.78, 5) is 22.3. The molecule has 0 radical (unpaired) electrons. The van der Waals surface area contributed by atoms with Crippen molar-refractivity contribution in [1.29, 1.82) is 5.41 Å². The van der Waals surface area contributed by atoms with E-state index in [0.29, 0.717) is 0 Å². The molecule has 0 atom stereocenters. The Balaban J connectivity index is 3.11. The van der Waals surface area contributed by atoms with Crippen LogP contribution in [0.2, 0.25) is 0 Å². The first-order valence-corrected chi connectivity index (χ1v) is 5.29. The zero-order chi connectivity index (χ0) is 12.3. The van der Waals surface area contributed by atoms with Gasteiger partial charge in [0.2, 0.25) is 10.7 Å². The van der Waals surface area contributed by atoms with Crippen molar-refractivity contribution in [2.24, 2.45) is 0 Å². The highest BCUT2D eigenvalue weighted by atomic mass is 32.1. The largest absolute Gasteiger partial charge is 0.462 e. The van der Waals surface area contributed by atoms with Gasteiger partial charge in [-0.25, -0.2) is 9.47 Å². The molecular weight excluding hydrogens is 232 g/mol. The Morgan fingerprint density at radius 1 is 1.62 bits per heavy atom. The van der Waals surface area contributed by atoms with Crippen LogP contribution >= 0.6 is 11.3 Å². The van der Waals surface area contributed by atoms with Crippen LogP contribution in [0.1, 0.15) is 23.5 Å². The topological polar surface area (TPSA) is 110 Å². The maximum atomic E-state index is 11.4. The number of amides is 1. The van der Waals surface area contributed by atoms with Crippen molar-refractivity contribution in [3.63, 3.8) is 0 Å². The first kappa shape index (κ1) is 12.2. The number of nitrogens with one attached hydrogen (secondary N) is 2. The Kier molecular flexibility index (Phi) is 3.67. The number of nitrogen functional groups attached to an aromatic ring is 1. The molecule has 1 amide bonds. The van der Waals surface area contributed by atoms with E-state index in [9.17, 15) is 9.59 Å². The summed E-state index contributed by atoms with van der Waals surface area (Å²) in [5.41, 5.74) is 7.95. The summed E-state index contributed by atoms with van der Waals surface area (Å²) in [5, 5.41) is 7.53. The Hall–Kier alpha value is -1.83. The van der Waals surface area contributed by atoms with Gasteiger partial charge in [0.05, 0.1) is 6.61 Å². The van der Waals surface area contributed by atoms with Crippen molar-refractivity contribution in [1.82, 2.24) is 4.68 Å². The minimum atomic E-state index is -0.595. The first-order valence-electron chi connectivity index (χ1n) is 4.48. The molecule has 0 aliphatic heterocycles. The third-order valence-electron chi connectivity index (χ3n) is 1.61. The van der Waals surface area contributed by atoms with Gasteiger partial charge < -0.3 is 10.5 Å². The number of anilines is 1. The van der Waals surface area contributed by atoms with Crippen LogP contribution in [0.15, 0.2) is 0 Å². The number of aromatic nitrogens is 1. The summed E-state index contributed by atoms with van der Waals surface area (Å²) in [5.74, 6) is -0.968. The van der Waals surface area contributed by atoms with E-state index >= 15 is 0 Å². The van der Waals surface area contributed by atoms with E-state index in [1.165, 1.54) is 6.92 Å². The molecule has 0 saturated heterocycles. The minimum absolute atomic E-state index is 0.00338. The van der Waals surface area contributed by atoms with E-state index < -0.39 is 5.97 Å². The summed E-state index contributed by atoms with van der Waals surface area (Å²) in [6, 6.07) is 0. The molecule has 0 spiro atoms. The molecule has 7 nitrogen and oxygen atoms in total. The van der Waals surface area contributed by atoms with Crippen LogP contribution in [0.25, 0.3) is 0 Å². The number of carbonyl (C=O) groups excluding carboxylic acids is 2. The summed E-state index contributed by atoms with van der Waals surface area (Å²) >= 11 is 0.846. The molecule has 4 N–H and O–H groups in total. The summed E-state index contributed by atoms with van der Waals surface area (Å²) in [6.07, 6.45) is 0. The predicted octanol–water partition coefficient (Wildman–Crippen LogP) is -0.122. The summed E-state index contributed by atoms with van der Waals surface area (Å²) in [7, 11) is 0. The van der Waals surface area contributed by atoms with Crippen molar-refractivity contribution in [2.45, 2.75) is 13.8 Å². The second kappa shape index (κ2) is 4.79. The Labute approximate surface area is 95.3 Å². The van der Waals surface area contributed by atoms with Gasteiger partial charge in [0, 0.05) is 6.92 Å². The van der Waals surface area contributed by atoms with Crippen LogP contribution in [0, 0.1) is 5.41 Å². The zero-order valence-corrected chi connectivity index (χ0v) is 9.68. The monoisotopic (exact) mass is 244 g/mol. The standard InChI is InChI=1S/C8H12N4O3S/c1-3-15-7(14)5-6(9)12(8(10)16-5)11-4(2)13/h10H,3,9H2,1-2H3,(H,11,13). The highest BCUT2D eigenvalue weighted by Crippen LogP contribution is 2.15. The number of nitrogens with zero attached hydrogens (tertiary/aromatic N) is 1. The molecule has 0 unspecified atom stereocenters. The number of rotatable bonds is 3. The molecule has 0 bridgehead atoms. The van der Waals surface area contributed by atoms with Crippen LogP contribution in [0.4, 0.5) is 5.82 Å². The third-order valence-corrected chi connectivity index (χ3v) is 2.56. The number of hydrogen-bond donors (Lipinski definition) is 3. The lowest BCUT2D eigenvalue weighted by atomic mass is 10.5. The molecule has 88 valence electrons. The Bertz CT molecular complexity index is 476. The number of ether oxygens (including phenoxy) is 1. The van der Waals surface area contributed by atoms with Crippen molar-refractivity contribution in [3.05, 3.63) is 9.68 Å². The minimum Gasteiger partial charge on any atom is -0.462 e. The van der Waals surface area contributed by atoms with Crippen LogP contribution < -0.4 is 16.0 Å². The smallest absolute Gasteiger partial charge is 0.352 e. The molecule has 0 saturated carbocycles. The molecule has 1 aromatic rings. The van der Waals surface area contributed by atoms with E-state index in [4.69, 9.17) is 15.9 Å². The molecule has 0 aliphatic rings. The lowest BCUT2D eigenvalue weighted by Crippen LogP contribution is -2.29. The van der Waals surface area contributed by atoms with Gasteiger partial charge in [0.15, 0.2) is 10.7 Å². The lowest BCUT2D eigenvalue weighted by Gasteiger charge is -2.05. The van der Waals surface area contributed by atoms with Crippen molar-refractivity contribution in [3.8, 4) is 0 Å². The van der Waals surface area contributed by atoms with E-state index in [1.54, 1.807) is 6.92 Å². The maximum Gasteiger partial charge on any atom is 0.352 e. The normalized spacial score (nSPS) is 9.88. The molecule has 0 fully saturated rings. The number of esters is 1. The maximum absolute atomic E-state index is 11.4. The van der Waals surface area contributed by atoms with Gasteiger partial charge in [-0.15, -0.1) is 0 Å². The van der Waals surface area contributed by atoms with Crippen LogP contribution in [0.3, 0.4) is 0 Å². The summed E-state index contributed by atoms with van der Waals surface area (Å²) in [6.45, 7) is 3.18. The molecular formula is C8H12N4O3S. The molecule has 16 heavy (non-hydrogen) atoms. The highest BCUT2D eigenvalue weighted by molar-refractivity contribution is 7.11. The van der Waals surface area contributed by atoms with Gasteiger partial charge >= 0.3 is 5.97 Å². The van der Waals surface area contributed by atoms with Gasteiger partial charge in [-0.2, -0.15) is 0 Å². The second-order valence-electron chi connectivity index (χ2n) is 2.85. The first-order chi connectivity index (χ1) is 7.47. The third kappa shape index (κ3) is 2.40. The average molecular weight is 244 g/mol. The molecule has 0 aromatic carbocycles. The van der Waals surface area contributed by atoms with E-state index in [0.717, 1.165) is 16.0 Å². The van der Waals surface area contributed by atoms with Gasteiger partial charge in [0.1, 0.15) is 0 Å². The fourth-order valence-corrected chi connectivity index (χ4v) is 1.78. The number of hydrogen-bond acceptors (Lipinski definition) is 6. The van der Waals surface area contributed by atoms with Crippen LogP contribution in [0.5, 0.6) is 0 Å². The van der Waals surface area contributed by atoms with Gasteiger partial charge in [-0.1, -0.05) is 11.3 Å². The molecule has 1 rings (SSSR count). The number of carbonyl (C=O) groups is 2. The highest BCUT2D eigenvalue weighted by Gasteiger charge is 2.18. The number of nitrogens with two attached hydrogens (primary N) is 1. The van der Waals surface area contributed by atoms with Crippen molar-refractivity contribution >= 4 is 29.0 Å². The Morgan fingerprint density at radius 3 is 2.75 bits per heavy atom. The Morgan fingerprint density at radius 2 is 2.25 bits per heavy atom. The molecule has 8 heteroatoms. The molecule has 1 heterocycles. The fourth-order valence-electron chi connectivity index (χ4n) is 1.02. The number of thiazole rings is 1. The van der Waals surface area contributed by atoms with Crippen molar-refractivity contribution < 1.29 is 14.3 Å². The second-order valence-corrected chi connectivity index (χ2v) is 3.84. The zero-order valence-electron chi connectivity index (χ0n) is 8.86. The summed E-state index contributed by atoms with van der Waals surface area (Å²) < 4.78 is 5.81. The quantitative estimate of drug-likeness (QED) is 0.643. The molecule has 0 aliphatic carbocycles. The van der Waals surface area contributed by atoms with Gasteiger partial charge in [0.25, 0.3) is 0 Å². The predicted molar refractivity (Wildman–Crippen MR) is 58.6 cm³/mol. The van der Waals surface area contributed by atoms with Gasteiger partial charge in [-0.05, 0) is 6.92 Å². The van der Waals surface area contributed by atoms with E-state index in [1.807, 2.05) is 0 Å². The average Bonchev–Trinajstić information content (AvgIpc) is 2.45. The molecule has 1 aromatic heterocycles. The lowest BCUT2D eigenvalue weighted by molar-refractivity contribution is -0.115. The fraction of sp³-hybridized carbons (Fsp3) is 0.375. The van der Waals surface area contributed by atoms with E-state index in [-0.39, 0.29) is 28.0 Å². The van der Waals surface area contributed by atoms with Crippen molar-refractivity contribution in [2.75, 3.05) is 17.8 Å². The van der Waals surface area contributed by atoms with Crippen LogP contribution in [-0.4, -0.2) is 23.2 Å². The SMILES string of the molecule is CCOC(=O)c1sc(=N)n(NC(C)=O)c1N. The van der Waals surface area contributed by atoms with Crippen LogP contribution in [-0.2, 0) is 9.53 Å². The van der Waals surface area contributed by atoms with E-state index in [2.05, 4.69) is 5.43 Å².